The van der Waals surface area contributed by atoms with Crippen LogP contribution in [0.15, 0.2) is 0 Å². The lowest BCUT2D eigenvalue weighted by molar-refractivity contribution is -0.131. The maximum absolute atomic E-state index is 10.9. The molecule has 0 aliphatic rings. The SMILES string of the molecule is CC(C[S])C(=O)N(C)C. The fraction of sp³-hybridized carbons (Fsp3) is 0.833. The number of nitrogens with zero attached hydrogens (tertiary/aromatic N) is 1. The Morgan fingerprint density at radius 1 is 1.67 bits per heavy atom. The van der Waals surface area contributed by atoms with E-state index in [9.17, 15) is 4.79 Å². The molecule has 0 spiro atoms. The van der Waals surface area contributed by atoms with Crippen LogP contribution in [-0.2, 0) is 4.79 Å². The lowest BCUT2D eigenvalue weighted by Gasteiger charge is -2.13. The number of hydrogen-bond acceptors (Lipinski definition) is 1. The molecule has 2 nitrogen and oxygen atoms in total. The van der Waals surface area contributed by atoms with Gasteiger partial charge in [-0.3, -0.25) is 4.79 Å². The van der Waals surface area contributed by atoms with Crippen LogP contribution in [0.5, 0.6) is 0 Å². The largest absolute Gasteiger partial charge is 0.349 e. The van der Waals surface area contributed by atoms with E-state index in [1.54, 1.807) is 19.0 Å². The molecule has 0 saturated heterocycles. The Morgan fingerprint density at radius 2 is 2.11 bits per heavy atom. The van der Waals surface area contributed by atoms with E-state index in [2.05, 4.69) is 0 Å². The Morgan fingerprint density at radius 3 is 2.22 bits per heavy atom. The second-order valence-electron chi connectivity index (χ2n) is 2.30. The van der Waals surface area contributed by atoms with Gasteiger partial charge in [-0.2, -0.15) is 0 Å². The van der Waals surface area contributed by atoms with Crippen LogP contribution in [0, 0.1) is 5.92 Å². The molecule has 53 valence electrons. The van der Waals surface area contributed by atoms with Crippen LogP contribution in [0.4, 0.5) is 0 Å². The predicted molar refractivity (Wildman–Crippen MR) is 40.3 cm³/mol. The van der Waals surface area contributed by atoms with Gasteiger partial charge < -0.3 is 4.90 Å². The third-order valence-electron chi connectivity index (χ3n) is 1.11. The summed E-state index contributed by atoms with van der Waals surface area (Å²) >= 11 is 4.72. The van der Waals surface area contributed by atoms with Gasteiger partial charge in [-0.15, -0.1) is 0 Å². The van der Waals surface area contributed by atoms with Crippen molar-refractivity contribution in [2.75, 3.05) is 19.8 Å². The molecule has 1 atom stereocenters. The van der Waals surface area contributed by atoms with Crippen LogP contribution in [-0.4, -0.2) is 30.7 Å². The van der Waals surface area contributed by atoms with Crippen molar-refractivity contribution < 1.29 is 4.79 Å². The molecule has 0 saturated carbocycles. The first kappa shape index (κ1) is 8.82. The summed E-state index contributed by atoms with van der Waals surface area (Å²) in [7, 11) is 3.48. The van der Waals surface area contributed by atoms with Crippen LogP contribution in [0.25, 0.3) is 0 Å². The van der Waals surface area contributed by atoms with Gasteiger partial charge in [-0.25, -0.2) is 0 Å². The van der Waals surface area contributed by atoms with E-state index < -0.39 is 0 Å². The van der Waals surface area contributed by atoms with Crippen molar-refractivity contribution in [1.82, 2.24) is 4.90 Å². The third kappa shape index (κ3) is 2.75. The summed E-state index contributed by atoms with van der Waals surface area (Å²) in [5, 5.41) is 0. The Bertz CT molecular complexity index is 103. The summed E-state index contributed by atoms with van der Waals surface area (Å²) in [4.78, 5) is 12.5. The number of carbonyl (C=O) groups is 1. The third-order valence-corrected chi connectivity index (χ3v) is 1.61. The Kier molecular flexibility index (Phi) is 3.70. The second kappa shape index (κ2) is 3.77. The van der Waals surface area contributed by atoms with E-state index in [4.69, 9.17) is 12.6 Å². The van der Waals surface area contributed by atoms with Crippen molar-refractivity contribution in [3.8, 4) is 0 Å². The molecule has 0 rings (SSSR count). The van der Waals surface area contributed by atoms with Crippen molar-refractivity contribution in [3.63, 3.8) is 0 Å². The molecule has 0 heterocycles. The van der Waals surface area contributed by atoms with Gasteiger partial charge in [-0.1, -0.05) is 19.6 Å². The quantitative estimate of drug-likeness (QED) is 0.567. The van der Waals surface area contributed by atoms with Crippen LogP contribution in [0.3, 0.4) is 0 Å². The first-order valence-corrected chi connectivity index (χ1v) is 3.46. The summed E-state index contributed by atoms with van der Waals surface area (Å²) in [6.45, 7) is 1.84. The highest BCUT2D eigenvalue weighted by atomic mass is 32.1. The molecule has 3 heteroatoms. The molecule has 0 aromatic carbocycles. The van der Waals surface area contributed by atoms with E-state index in [0.29, 0.717) is 5.75 Å². The molecule has 0 bridgehead atoms. The summed E-state index contributed by atoms with van der Waals surface area (Å²) in [6.07, 6.45) is 0. The number of amides is 1. The van der Waals surface area contributed by atoms with Gasteiger partial charge in [-0.05, 0) is 0 Å². The number of carbonyl (C=O) groups excluding carboxylic acids is 1. The Balaban J connectivity index is 3.73. The smallest absolute Gasteiger partial charge is 0.225 e. The van der Waals surface area contributed by atoms with Gasteiger partial charge in [0.05, 0.1) is 0 Å². The summed E-state index contributed by atoms with van der Waals surface area (Å²) in [5.74, 6) is 0.622. The standard InChI is InChI=1S/C6H12NOS/c1-5(4-9)6(8)7(2)3/h5H,4H2,1-3H3. The molecule has 1 radical (unpaired) electrons. The summed E-state index contributed by atoms with van der Waals surface area (Å²) in [5.41, 5.74) is 0. The normalized spacial score (nSPS) is 12.9. The molecule has 0 aromatic heterocycles. The highest BCUT2D eigenvalue weighted by Gasteiger charge is 2.11. The second-order valence-corrected chi connectivity index (χ2v) is 2.63. The fourth-order valence-electron chi connectivity index (χ4n) is 0.512. The van der Waals surface area contributed by atoms with Gasteiger partial charge in [0, 0.05) is 25.8 Å². The first-order chi connectivity index (χ1) is 4.09. The summed E-state index contributed by atoms with van der Waals surface area (Å²) in [6, 6.07) is 0. The average molecular weight is 146 g/mol. The molecule has 0 aromatic rings. The van der Waals surface area contributed by atoms with E-state index in [1.165, 1.54) is 0 Å². The molecule has 9 heavy (non-hydrogen) atoms. The molecular weight excluding hydrogens is 134 g/mol. The molecular formula is C6H12NOS. The zero-order valence-electron chi connectivity index (χ0n) is 6.05. The average Bonchev–Trinajstić information content (AvgIpc) is 1.84. The topological polar surface area (TPSA) is 20.3 Å². The Labute approximate surface area is 61.6 Å². The molecule has 0 fully saturated rings. The maximum atomic E-state index is 10.9. The fourth-order valence-corrected chi connectivity index (χ4v) is 0.655. The molecule has 0 aliphatic heterocycles. The van der Waals surface area contributed by atoms with E-state index in [1.807, 2.05) is 6.92 Å². The van der Waals surface area contributed by atoms with Crippen LogP contribution >= 0.6 is 12.6 Å². The molecule has 0 aliphatic carbocycles. The van der Waals surface area contributed by atoms with Crippen LogP contribution in [0.2, 0.25) is 0 Å². The van der Waals surface area contributed by atoms with Gasteiger partial charge >= 0.3 is 0 Å². The minimum Gasteiger partial charge on any atom is -0.349 e. The minimum absolute atomic E-state index is 0.00463. The van der Waals surface area contributed by atoms with Crippen molar-refractivity contribution in [2.24, 2.45) is 5.92 Å². The highest BCUT2D eigenvalue weighted by molar-refractivity contribution is 7.80. The zero-order chi connectivity index (χ0) is 7.44. The number of hydrogen-bond donors (Lipinski definition) is 0. The van der Waals surface area contributed by atoms with Crippen molar-refractivity contribution in [1.29, 1.82) is 0 Å². The van der Waals surface area contributed by atoms with E-state index in [-0.39, 0.29) is 11.8 Å². The molecule has 1 unspecified atom stereocenters. The van der Waals surface area contributed by atoms with E-state index >= 15 is 0 Å². The van der Waals surface area contributed by atoms with Crippen molar-refractivity contribution in [2.45, 2.75) is 6.92 Å². The summed E-state index contributed by atoms with van der Waals surface area (Å²) < 4.78 is 0. The first-order valence-electron chi connectivity index (χ1n) is 2.89. The lowest BCUT2D eigenvalue weighted by Crippen LogP contribution is -2.28. The number of rotatable bonds is 2. The van der Waals surface area contributed by atoms with Crippen LogP contribution in [0.1, 0.15) is 6.92 Å². The maximum Gasteiger partial charge on any atom is 0.225 e. The van der Waals surface area contributed by atoms with Gasteiger partial charge in [0.2, 0.25) is 5.91 Å². The highest BCUT2D eigenvalue weighted by Crippen LogP contribution is 1.99. The van der Waals surface area contributed by atoms with Crippen molar-refractivity contribution in [3.05, 3.63) is 0 Å². The van der Waals surface area contributed by atoms with E-state index in [0.717, 1.165) is 0 Å². The van der Waals surface area contributed by atoms with Gasteiger partial charge in [0.15, 0.2) is 0 Å². The van der Waals surface area contributed by atoms with Crippen LogP contribution < -0.4 is 0 Å². The van der Waals surface area contributed by atoms with Gasteiger partial charge in [0.25, 0.3) is 0 Å². The zero-order valence-corrected chi connectivity index (χ0v) is 6.86. The van der Waals surface area contributed by atoms with Gasteiger partial charge in [0.1, 0.15) is 0 Å². The monoisotopic (exact) mass is 146 g/mol. The van der Waals surface area contributed by atoms with Crippen molar-refractivity contribution >= 4 is 18.5 Å². The molecule has 0 N–H and O–H groups in total. The lowest BCUT2D eigenvalue weighted by atomic mass is 10.2. The molecule has 1 amide bonds. The minimum atomic E-state index is -0.00463. The predicted octanol–water partition coefficient (Wildman–Crippen LogP) is 0.908. The Hall–Kier alpha value is -0.180.